The van der Waals surface area contributed by atoms with Crippen molar-refractivity contribution in [3.8, 4) is 0 Å². The molecule has 0 saturated heterocycles. The lowest BCUT2D eigenvalue weighted by Crippen LogP contribution is -2.37. The van der Waals surface area contributed by atoms with Gasteiger partial charge in [0.1, 0.15) is 4.88 Å². The van der Waals surface area contributed by atoms with Crippen molar-refractivity contribution in [3.63, 3.8) is 0 Å². The lowest BCUT2D eigenvalue weighted by molar-refractivity contribution is -0.117. The predicted octanol–water partition coefficient (Wildman–Crippen LogP) is 5.06. The average molecular weight is 509 g/mol. The number of nitrogens with one attached hydrogen (secondary N) is 3. The van der Waals surface area contributed by atoms with E-state index in [0.29, 0.717) is 16.9 Å². The van der Waals surface area contributed by atoms with Crippen molar-refractivity contribution in [1.29, 1.82) is 0 Å². The van der Waals surface area contributed by atoms with Crippen molar-refractivity contribution in [1.82, 2.24) is 24.6 Å². The standard InChI is InChI=1S/C27H36N6O2S/c1-6-24(34)30-19-8-10-20(11-9-19)33-22-12-7-18(16-28-17(2)27(3,4)5)15-21(22)31-26(33)32-25(35)23-13-14-29-36-23/h6-7,12-15,17,19-20,28H,1,8-11,16H2,2-5H3,(H,30,34)(H,31,32,35)/t17-,19-,20+/m0/s1. The Morgan fingerprint density at radius 1 is 1.22 bits per heavy atom. The monoisotopic (exact) mass is 508 g/mol. The molecule has 3 N–H and O–H groups in total. The Labute approximate surface area is 216 Å². The van der Waals surface area contributed by atoms with Crippen molar-refractivity contribution in [2.24, 2.45) is 5.41 Å². The molecule has 1 aliphatic carbocycles. The van der Waals surface area contributed by atoms with E-state index in [1.54, 1.807) is 12.3 Å². The largest absolute Gasteiger partial charge is 0.350 e. The van der Waals surface area contributed by atoms with Gasteiger partial charge in [-0.1, -0.05) is 33.4 Å². The van der Waals surface area contributed by atoms with Gasteiger partial charge in [-0.2, -0.15) is 0 Å². The van der Waals surface area contributed by atoms with Crippen molar-refractivity contribution in [2.75, 3.05) is 5.32 Å². The van der Waals surface area contributed by atoms with Gasteiger partial charge in [-0.15, -0.1) is 0 Å². The van der Waals surface area contributed by atoms with Crippen LogP contribution < -0.4 is 16.0 Å². The van der Waals surface area contributed by atoms with Gasteiger partial charge < -0.3 is 15.2 Å². The lowest BCUT2D eigenvalue weighted by atomic mass is 9.88. The summed E-state index contributed by atoms with van der Waals surface area (Å²) in [5, 5.41) is 9.65. The van der Waals surface area contributed by atoms with E-state index in [-0.39, 0.29) is 29.3 Å². The molecule has 8 nitrogen and oxygen atoms in total. The van der Waals surface area contributed by atoms with Crippen LogP contribution >= 0.6 is 11.5 Å². The van der Waals surface area contributed by atoms with Gasteiger partial charge in [0.15, 0.2) is 0 Å². The van der Waals surface area contributed by atoms with E-state index < -0.39 is 0 Å². The van der Waals surface area contributed by atoms with Gasteiger partial charge in [0.25, 0.3) is 5.91 Å². The normalized spacial score (nSPS) is 19.1. The quantitative estimate of drug-likeness (QED) is 0.370. The lowest BCUT2D eigenvalue weighted by Gasteiger charge is -2.31. The highest BCUT2D eigenvalue weighted by molar-refractivity contribution is 7.08. The van der Waals surface area contributed by atoms with E-state index in [1.807, 2.05) is 0 Å². The number of anilines is 1. The summed E-state index contributed by atoms with van der Waals surface area (Å²) >= 11 is 1.16. The number of aromatic nitrogens is 3. The van der Waals surface area contributed by atoms with E-state index >= 15 is 0 Å². The molecule has 192 valence electrons. The van der Waals surface area contributed by atoms with Crippen molar-refractivity contribution in [2.45, 2.75) is 78.0 Å². The van der Waals surface area contributed by atoms with Crippen LogP contribution in [-0.4, -0.2) is 37.8 Å². The maximum Gasteiger partial charge on any atom is 0.269 e. The van der Waals surface area contributed by atoms with Gasteiger partial charge in [0.2, 0.25) is 11.9 Å². The Kier molecular flexibility index (Phi) is 7.90. The molecule has 1 atom stereocenters. The number of carbonyl (C=O) groups excluding carboxylic acids is 2. The molecule has 0 unspecified atom stereocenters. The third-order valence-corrected chi connectivity index (χ3v) is 7.89. The molecule has 0 radical (unpaired) electrons. The van der Waals surface area contributed by atoms with E-state index in [9.17, 15) is 9.59 Å². The summed E-state index contributed by atoms with van der Waals surface area (Å²) in [6.07, 6.45) is 6.42. The topological polar surface area (TPSA) is 101 Å². The Morgan fingerprint density at radius 2 is 1.97 bits per heavy atom. The highest BCUT2D eigenvalue weighted by Gasteiger charge is 2.27. The summed E-state index contributed by atoms with van der Waals surface area (Å²) in [4.78, 5) is 30.0. The van der Waals surface area contributed by atoms with Gasteiger partial charge in [-0.25, -0.2) is 9.36 Å². The smallest absolute Gasteiger partial charge is 0.269 e. The van der Waals surface area contributed by atoms with E-state index in [4.69, 9.17) is 4.98 Å². The second-order valence-electron chi connectivity index (χ2n) is 10.6. The minimum absolute atomic E-state index is 0.133. The molecule has 4 rings (SSSR count). The number of rotatable bonds is 8. The zero-order valence-corrected chi connectivity index (χ0v) is 22.3. The summed E-state index contributed by atoms with van der Waals surface area (Å²) in [6.45, 7) is 13.2. The van der Waals surface area contributed by atoms with Crippen LogP contribution in [0, 0.1) is 5.41 Å². The van der Waals surface area contributed by atoms with Crippen LogP contribution in [0.15, 0.2) is 43.1 Å². The van der Waals surface area contributed by atoms with Crippen LogP contribution in [-0.2, 0) is 11.3 Å². The summed E-state index contributed by atoms with van der Waals surface area (Å²) < 4.78 is 6.21. The number of amides is 2. The number of hydrogen-bond acceptors (Lipinski definition) is 6. The zero-order valence-electron chi connectivity index (χ0n) is 21.5. The first-order chi connectivity index (χ1) is 17.2. The third kappa shape index (κ3) is 6.02. The first-order valence-electron chi connectivity index (χ1n) is 12.5. The number of hydrogen-bond donors (Lipinski definition) is 3. The highest BCUT2D eigenvalue weighted by atomic mass is 32.1. The molecule has 1 aromatic carbocycles. The van der Waals surface area contributed by atoms with Crippen molar-refractivity contribution in [3.05, 3.63) is 53.6 Å². The summed E-state index contributed by atoms with van der Waals surface area (Å²) in [5.74, 6) is 0.211. The van der Waals surface area contributed by atoms with E-state index in [1.165, 1.54) is 6.08 Å². The molecule has 9 heteroatoms. The van der Waals surface area contributed by atoms with Crippen LogP contribution in [0.25, 0.3) is 11.0 Å². The first-order valence-corrected chi connectivity index (χ1v) is 13.3. The maximum absolute atomic E-state index is 12.9. The second-order valence-corrected chi connectivity index (χ2v) is 11.5. The SMILES string of the molecule is C=CC(=O)N[C@H]1CC[C@@H](n2c(NC(=O)c3ccns3)nc3cc(CN[C@@H](C)C(C)(C)C)ccc32)CC1. The molecule has 36 heavy (non-hydrogen) atoms. The number of nitrogens with zero attached hydrogens (tertiary/aromatic N) is 3. The molecular weight excluding hydrogens is 472 g/mol. The van der Waals surface area contributed by atoms with Gasteiger partial charge >= 0.3 is 0 Å². The second kappa shape index (κ2) is 10.9. The van der Waals surface area contributed by atoms with Crippen LogP contribution in [0.1, 0.15) is 74.7 Å². The third-order valence-electron chi connectivity index (χ3n) is 7.15. The Morgan fingerprint density at radius 3 is 2.61 bits per heavy atom. The van der Waals surface area contributed by atoms with Crippen molar-refractivity contribution < 1.29 is 9.59 Å². The van der Waals surface area contributed by atoms with Gasteiger partial charge in [0.05, 0.1) is 11.0 Å². The Hall–Kier alpha value is -3.04. The van der Waals surface area contributed by atoms with Gasteiger partial charge in [0, 0.05) is 30.9 Å². The molecule has 2 heterocycles. The Balaban J connectivity index is 1.59. The molecular formula is C27H36N6O2S. The Bertz CT molecular complexity index is 1220. The highest BCUT2D eigenvalue weighted by Crippen LogP contribution is 2.35. The summed E-state index contributed by atoms with van der Waals surface area (Å²) in [7, 11) is 0. The van der Waals surface area contributed by atoms with Gasteiger partial charge in [-0.05, 0) is 79.4 Å². The summed E-state index contributed by atoms with van der Waals surface area (Å²) in [6, 6.07) is 8.72. The fourth-order valence-corrected chi connectivity index (χ4v) is 5.01. The molecule has 3 aromatic rings. The van der Waals surface area contributed by atoms with Crippen molar-refractivity contribution >= 4 is 40.3 Å². The molecule has 1 saturated carbocycles. The molecule has 0 aliphatic heterocycles. The van der Waals surface area contributed by atoms with Crippen LogP contribution in [0.2, 0.25) is 0 Å². The number of benzene rings is 1. The molecule has 2 aromatic heterocycles. The molecule has 1 aliphatic rings. The molecule has 0 bridgehead atoms. The predicted molar refractivity (Wildman–Crippen MR) is 145 cm³/mol. The minimum Gasteiger partial charge on any atom is -0.350 e. The number of imidazole rings is 1. The van der Waals surface area contributed by atoms with Crippen LogP contribution in [0.5, 0.6) is 0 Å². The fourth-order valence-electron chi connectivity index (χ4n) is 4.52. The molecule has 0 spiro atoms. The maximum atomic E-state index is 12.9. The first kappa shape index (κ1) is 26.0. The average Bonchev–Trinajstić information content (AvgIpc) is 3.50. The number of fused-ring (bicyclic) bond motifs is 1. The van der Waals surface area contributed by atoms with Gasteiger partial charge in [-0.3, -0.25) is 14.9 Å². The van der Waals surface area contributed by atoms with E-state index in [0.717, 1.165) is 60.4 Å². The minimum atomic E-state index is -0.207. The van der Waals surface area contributed by atoms with Crippen LogP contribution in [0.4, 0.5) is 5.95 Å². The molecule has 2 amide bonds. The molecule has 1 fully saturated rings. The number of carbonyl (C=O) groups is 2. The fraction of sp³-hybridized carbons (Fsp3) is 0.481. The van der Waals surface area contributed by atoms with E-state index in [2.05, 4.69) is 77.4 Å². The summed E-state index contributed by atoms with van der Waals surface area (Å²) in [5.41, 5.74) is 3.18. The zero-order chi connectivity index (χ0) is 25.9. The van der Waals surface area contributed by atoms with Crippen LogP contribution in [0.3, 0.4) is 0 Å².